The van der Waals surface area contributed by atoms with Crippen molar-refractivity contribution in [1.29, 1.82) is 0 Å². The molecule has 0 saturated carbocycles. The van der Waals surface area contributed by atoms with Crippen LogP contribution in [0.25, 0.3) is 0 Å². The summed E-state index contributed by atoms with van der Waals surface area (Å²) in [6, 6.07) is 6.73. The monoisotopic (exact) mass is 304 g/mol. The summed E-state index contributed by atoms with van der Waals surface area (Å²) in [5, 5.41) is 2.09. The van der Waals surface area contributed by atoms with Crippen molar-refractivity contribution in [3.8, 4) is 0 Å². The zero-order valence-corrected chi connectivity index (χ0v) is 11.0. The van der Waals surface area contributed by atoms with Crippen molar-refractivity contribution >= 4 is 31.9 Å². The summed E-state index contributed by atoms with van der Waals surface area (Å²) in [5.41, 5.74) is 4.31. The minimum absolute atomic E-state index is 1.05. The molecule has 1 rings (SSSR count). The third kappa shape index (κ3) is 3.43. The first-order valence-electron chi connectivity index (χ1n) is 4.48. The van der Waals surface area contributed by atoms with Crippen molar-refractivity contribution in [2.75, 3.05) is 10.7 Å². The quantitative estimate of drug-likeness (QED) is 0.741. The SMILES string of the molecule is Cc1ccc(CCBr)c(CCBr)c1. The van der Waals surface area contributed by atoms with E-state index in [4.69, 9.17) is 0 Å². The molecule has 2 heteroatoms. The Morgan fingerprint density at radius 2 is 1.62 bits per heavy atom. The second kappa shape index (κ2) is 5.82. The summed E-state index contributed by atoms with van der Waals surface area (Å²) in [7, 11) is 0. The molecule has 72 valence electrons. The van der Waals surface area contributed by atoms with Gasteiger partial charge in [0.1, 0.15) is 0 Å². The number of aryl methyl sites for hydroxylation is 3. The van der Waals surface area contributed by atoms with Gasteiger partial charge in [-0.25, -0.2) is 0 Å². The zero-order valence-electron chi connectivity index (χ0n) is 7.82. The van der Waals surface area contributed by atoms with Crippen LogP contribution in [0.15, 0.2) is 18.2 Å². The highest BCUT2D eigenvalue weighted by Gasteiger charge is 2.01. The second-order valence-electron chi connectivity index (χ2n) is 3.15. The van der Waals surface area contributed by atoms with Gasteiger partial charge in [-0.2, -0.15) is 0 Å². The Hall–Kier alpha value is 0.180. The Labute approximate surface area is 97.0 Å². The van der Waals surface area contributed by atoms with Crippen LogP contribution in [0, 0.1) is 6.92 Å². The van der Waals surface area contributed by atoms with Gasteiger partial charge in [-0.1, -0.05) is 55.6 Å². The van der Waals surface area contributed by atoms with Crippen molar-refractivity contribution in [3.05, 3.63) is 34.9 Å². The Morgan fingerprint density at radius 3 is 2.23 bits per heavy atom. The smallest absolute Gasteiger partial charge is 0.00719 e. The van der Waals surface area contributed by atoms with Gasteiger partial charge in [0.05, 0.1) is 0 Å². The van der Waals surface area contributed by atoms with E-state index in [2.05, 4.69) is 57.0 Å². The van der Waals surface area contributed by atoms with Crippen molar-refractivity contribution in [2.24, 2.45) is 0 Å². The third-order valence-corrected chi connectivity index (χ3v) is 2.88. The molecule has 0 bridgehead atoms. The van der Waals surface area contributed by atoms with Gasteiger partial charge < -0.3 is 0 Å². The number of halogens is 2. The molecule has 0 aromatic heterocycles. The lowest BCUT2D eigenvalue weighted by Crippen LogP contribution is -1.96. The Kier molecular flexibility index (Phi) is 5.04. The number of rotatable bonds is 4. The van der Waals surface area contributed by atoms with E-state index in [0.29, 0.717) is 0 Å². The predicted molar refractivity (Wildman–Crippen MR) is 66.2 cm³/mol. The molecule has 0 heterocycles. The minimum Gasteiger partial charge on any atom is -0.0924 e. The molecule has 0 unspecified atom stereocenters. The van der Waals surface area contributed by atoms with Crippen molar-refractivity contribution in [1.82, 2.24) is 0 Å². The maximum Gasteiger partial charge on any atom is 0.00719 e. The largest absolute Gasteiger partial charge is 0.0924 e. The molecule has 1 aromatic rings. The van der Waals surface area contributed by atoms with Gasteiger partial charge >= 0.3 is 0 Å². The van der Waals surface area contributed by atoms with Gasteiger partial charge in [0.2, 0.25) is 0 Å². The van der Waals surface area contributed by atoms with Crippen LogP contribution in [-0.2, 0) is 12.8 Å². The van der Waals surface area contributed by atoms with E-state index in [1.165, 1.54) is 16.7 Å². The average molecular weight is 306 g/mol. The van der Waals surface area contributed by atoms with E-state index >= 15 is 0 Å². The average Bonchev–Trinajstić information content (AvgIpc) is 2.10. The molecule has 0 aliphatic carbocycles. The van der Waals surface area contributed by atoms with Crippen LogP contribution < -0.4 is 0 Å². The second-order valence-corrected chi connectivity index (χ2v) is 4.74. The van der Waals surface area contributed by atoms with Crippen LogP contribution >= 0.6 is 31.9 Å². The van der Waals surface area contributed by atoms with E-state index in [9.17, 15) is 0 Å². The van der Waals surface area contributed by atoms with Crippen LogP contribution in [0.2, 0.25) is 0 Å². The molecule has 13 heavy (non-hydrogen) atoms. The molecule has 0 aliphatic heterocycles. The van der Waals surface area contributed by atoms with Gasteiger partial charge in [-0.3, -0.25) is 0 Å². The molecular weight excluding hydrogens is 292 g/mol. The number of benzene rings is 1. The summed E-state index contributed by atoms with van der Waals surface area (Å²) < 4.78 is 0. The summed E-state index contributed by atoms with van der Waals surface area (Å²) in [4.78, 5) is 0. The number of hydrogen-bond donors (Lipinski definition) is 0. The topological polar surface area (TPSA) is 0 Å². The van der Waals surface area contributed by atoms with Gasteiger partial charge in [-0.15, -0.1) is 0 Å². The van der Waals surface area contributed by atoms with E-state index in [1.54, 1.807) is 0 Å². The lowest BCUT2D eigenvalue weighted by atomic mass is 10.0. The van der Waals surface area contributed by atoms with Crippen LogP contribution in [0.1, 0.15) is 16.7 Å². The third-order valence-electron chi connectivity index (χ3n) is 2.09. The molecular formula is C11H14Br2. The molecule has 0 spiro atoms. The number of hydrogen-bond acceptors (Lipinski definition) is 0. The van der Waals surface area contributed by atoms with Gasteiger partial charge in [0.15, 0.2) is 0 Å². The summed E-state index contributed by atoms with van der Waals surface area (Å²) in [6.07, 6.45) is 2.26. The van der Waals surface area contributed by atoms with Gasteiger partial charge in [0, 0.05) is 10.7 Å². The Balaban J connectivity index is 2.89. The summed E-state index contributed by atoms with van der Waals surface area (Å²) in [6.45, 7) is 2.15. The molecule has 0 fully saturated rings. The molecule has 0 N–H and O–H groups in total. The summed E-state index contributed by atoms with van der Waals surface area (Å²) >= 11 is 6.96. The molecule has 0 amide bonds. The van der Waals surface area contributed by atoms with Crippen LogP contribution in [0.5, 0.6) is 0 Å². The van der Waals surface area contributed by atoms with Crippen LogP contribution in [0.4, 0.5) is 0 Å². The lowest BCUT2D eigenvalue weighted by Gasteiger charge is -2.07. The molecule has 0 atom stereocenters. The highest BCUT2D eigenvalue weighted by molar-refractivity contribution is 9.09. The van der Waals surface area contributed by atoms with Crippen molar-refractivity contribution in [2.45, 2.75) is 19.8 Å². The van der Waals surface area contributed by atoms with Gasteiger partial charge in [-0.05, 0) is 30.9 Å². The Bertz CT molecular complexity index is 269. The molecule has 1 aromatic carbocycles. The maximum absolute atomic E-state index is 3.48. The van der Waals surface area contributed by atoms with E-state index in [1.807, 2.05) is 0 Å². The molecule has 0 saturated heterocycles. The summed E-state index contributed by atoms with van der Waals surface area (Å²) in [5.74, 6) is 0. The van der Waals surface area contributed by atoms with E-state index in [0.717, 1.165) is 23.5 Å². The van der Waals surface area contributed by atoms with E-state index in [-0.39, 0.29) is 0 Å². The van der Waals surface area contributed by atoms with Gasteiger partial charge in [0.25, 0.3) is 0 Å². The lowest BCUT2D eigenvalue weighted by molar-refractivity contribution is 1.05. The standard InChI is InChI=1S/C11H14Br2/c1-9-2-3-10(4-6-12)11(8-9)5-7-13/h2-3,8H,4-7H2,1H3. The number of alkyl halides is 2. The van der Waals surface area contributed by atoms with Crippen molar-refractivity contribution < 1.29 is 0 Å². The minimum atomic E-state index is 1.05. The van der Waals surface area contributed by atoms with Crippen molar-refractivity contribution in [3.63, 3.8) is 0 Å². The van der Waals surface area contributed by atoms with Crippen LogP contribution in [0.3, 0.4) is 0 Å². The fourth-order valence-corrected chi connectivity index (χ4v) is 2.29. The first kappa shape index (κ1) is 11.3. The fraction of sp³-hybridized carbons (Fsp3) is 0.455. The Morgan fingerprint density at radius 1 is 1.00 bits per heavy atom. The first-order chi connectivity index (χ1) is 6.27. The normalized spacial score (nSPS) is 10.4. The molecule has 0 radical (unpaired) electrons. The predicted octanol–water partition coefficient (Wildman–Crippen LogP) is 3.87. The molecule has 0 nitrogen and oxygen atoms in total. The highest BCUT2D eigenvalue weighted by Crippen LogP contribution is 2.14. The highest BCUT2D eigenvalue weighted by atomic mass is 79.9. The zero-order chi connectivity index (χ0) is 9.68. The molecule has 0 aliphatic rings. The fourth-order valence-electron chi connectivity index (χ4n) is 1.43. The first-order valence-corrected chi connectivity index (χ1v) is 6.72. The van der Waals surface area contributed by atoms with E-state index < -0.39 is 0 Å². The maximum atomic E-state index is 3.48. The van der Waals surface area contributed by atoms with Crippen LogP contribution in [-0.4, -0.2) is 10.7 Å².